The molecule has 0 saturated heterocycles. The molecule has 1 aromatic heterocycles. The van der Waals surface area contributed by atoms with Gasteiger partial charge in [-0.25, -0.2) is 9.97 Å². The van der Waals surface area contributed by atoms with Crippen molar-refractivity contribution >= 4 is 46.4 Å². The summed E-state index contributed by atoms with van der Waals surface area (Å²) in [6.45, 7) is 3.21. The lowest BCUT2D eigenvalue weighted by Gasteiger charge is -2.10. The Hall–Kier alpha value is -3.45. The lowest BCUT2D eigenvalue weighted by molar-refractivity contribution is -0.114. The summed E-state index contributed by atoms with van der Waals surface area (Å²) >= 11 is 6.14. The first kappa shape index (κ1) is 19.3. The van der Waals surface area contributed by atoms with Gasteiger partial charge in [0.2, 0.25) is 11.9 Å². The highest BCUT2D eigenvalue weighted by Gasteiger charge is 2.12. The lowest BCUT2D eigenvalue weighted by Crippen LogP contribution is -2.15. The number of benzene rings is 2. The van der Waals surface area contributed by atoms with Gasteiger partial charge in [-0.05, 0) is 49.4 Å². The number of rotatable bonds is 5. The van der Waals surface area contributed by atoms with Crippen molar-refractivity contribution in [2.24, 2.45) is 0 Å². The van der Waals surface area contributed by atoms with Crippen LogP contribution in [-0.2, 0) is 4.79 Å². The molecule has 0 radical (unpaired) electrons. The number of para-hydroxylation sites is 1. The topological polar surface area (TPSA) is 96.0 Å². The fourth-order valence-electron chi connectivity index (χ4n) is 2.46. The molecule has 0 atom stereocenters. The molecule has 7 nitrogen and oxygen atoms in total. The van der Waals surface area contributed by atoms with Crippen molar-refractivity contribution in [3.8, 4) is 0 Å². The van der Waals surface area contributed by atoms with Gasteiger partial charge in [0.05, 0.1) is 10.7 Å². The monoisotopic (exact) mass is 395 g/mol. The zero-order chi connectivity index (χ0) is 20.1. The van der Waals surface area contributed by atoms with Crippen LogP contribution in [0.3, 0.4) is 0 Å². The van der Waals surface area contributed by atoms with Crippen LogP contribution in [0.4, 0.5) is 23.0 Å². The molecule has 3 N–H and O–H groups in total. The molecule has 0 spiro atoms. The summed E-state index contributed by atoms with van der Waals surface area (Å²) < 4.78 is 0. The third-order valence-corrected chi connectivity index (χ3v) is 4.00. The van der Waals surface area contributed by atoms with E-state index in [9.17, 15) is 9.59 Å². The third kappa shape index (κ3) is 5.05. The fourth-order valence-corrected chi connectivity index (χ4v) is 2.64. The van der Waals surface area contributed by atoms with Gasteiger partial charge < -0.3 is 16.0 Å². The van der Waals surface area contributed by atoms with E-state index in [1.165, 1.54) is 6.92 Å². The summed E-state index contributed by atoms with van der Waals surface area (Å²) in [6.07, 6.45) is 0. The largest absolute Gasteiger partial charge is 0.326 e. The molecule has 8 heteroatoms. The average molecular weight is 396 g/mol. The van der Waals surface area contributed by atoms with E-state index in [4.69, 9.17) is 11.6 Å². The maximum Gasteiger partial charge on any atom is 0.274 e. The van der Waals surface area contributed by atoms with Crippen molar-refractivity contribution in [2.75, 3.05) is 16.0 Å². The predicted molar refractivity (Wildman–Crippen MR) is 110 cm³/mol. The maximum atomic E-state index is 12.6. The van der Waals surface area contributed by atoms with Gasteiger partial charge in [-0.1, -0.05) is 23.7 Å². The minimum absolute atomic E-state index is 0.160. The summed E-state index contributed by atoms with van der Waals surface area (Å²) in [6, 6.07) is 15.6. The standard InChI is InChI=1S/C20H18ClN5O2/c1-12-11-18(26-20(22-12)25-17-6-4-3-5-16(17)21)19(28)24-15-9-7-14(8-10-15)23-13(2)27/h3-11H,1-2H3,(H,23,27)(H,24,28)(H,22,25,26). The number of carbonyl (C=O) groups is 2. The molecule has 0 aliphatic rings. The second kappa shape index (κ2) is 8.49. The number of hydrogen-bond acceptors (Lipinski definition) is 5. The highest BCUT2D eigenvalue weighted by molar-refractivity contribution is 6.33. The van der Waals surface area contributed by atoms with Crippen molar-refractivity contribution < 1.29 is 9.59 Å². The van der Waals surface area contributed by atoms with E-state index in [0.29, 0.717) is 27.8 Å². The Morgan fingerprint density at radius 2 is 1.57 bits per heavy atom. The van der Waals surface area contributed by atoms with E-state index in [1.807, 2.05) is 12.1 Å². The number of anilines is 4. The number of carbonyl (C=O) groups excluding carboxylic acids is 2. The molecule has 0 bridgehead atoms. The quantitative estimate of drug-likeness (QED) is 0.595. The Balaban J connectivity index is 1.75. The van der Waals surface area contributed by atoms with Crippen LogP contribution < -0.4 is 16.0 Å². The molecule has 2 amide bonds. The van der Waals surface area contributed by atoms with Gasteiger partial charge >= 0.3 is 0 Å². The van der Waals surface area contributed by atoms with E-state index in [2.05, 4.69) is 25.9 Å². The van der Waals surface area contributed by atoms with E-state index in [0.717, 1.165) is 0 Å². The number of nitrogens with zero attached hydrogens (tertiary/aromatic N) is 2. The molecule has 3 aromatic rings. The number of amides is 2. The molecular weight excluding hydrogens is 378 g/mol. The van der Waals surface area contributed by atoms with Gasteiger partial charge in [-0.15, -0.1) is 0 Å². The molecular formula is C20H18ClN5O2. The Kier molecular flexibility index (Phi) is 5.86. The number of nitrogens with one attached hydrogen (secondary N) is 3. The van der Waals surface area contributed by atoms with Crippen LogP contribution in [0.15, 0.2) is 54.6 Å². The molecule has 142 valence electrons. The smallest absolute Gasteiger partial charge is 0.274 e. The van der Waals surface area contributed by atoms with Crippen molar-refractivity contribution in [3.63, 3.8) is 0 Å². The van der Waals surface area contributed by atoms with Crippen LogP contribution in [0, 0.1) is 6.92 Å². The highest BCUT2D eigenvalue weighted by atomic mass is 35.5. The molecule has 2 aromatic carbocycles. The first-order valence-corrected chi connectivity index (χ1v) is 8.85. The number of hydrogen-bond donors (Lipinski definition) is 3. The maximum absolute atomic E-state index is 12.6. The van der Waals surface area contributed by atoms with Gasteiger partial charge in [0, 0.05) is 24.0 Å². The minimum Gasteiger partial charge on any atom is -0.326 e. The number of aryl methyl sites for hydroxylation is 1. The van der Waals surface area contributed by atoms with E-state index < -0.39 is 0 Å². The summed E-state index contributed by atoms with van der Waals surface area (Å²) in [5.74, 6) is -0.258. The van der Waals surface area contributed by atoms with Crippen LogP contribution in [0.5, 0.6) is 0 Å². The second-order valence-electron chi connectivity index (χ2n) is 6.04. The predicted octanol–water partition coefficient (Wildman–Crippen LogP) is 4.39. The average Bonchev–Trinajstić information content (AvgIpc) is 2.64. The highest BCUT2D eigenvalue weighted by Crippen LogP contribution is 2.23. The molecule has 1 heterocycles. The molecule has 0 fully saturated rings. The van der Waals surface area contributed by atoms with Crippen LogP contribution >= 0.6 is 11.6 Å². The summed E-state index contributed by atoms with van der Waals surface area (Å²) in [7, 11) is 0. The zero-order valence-electron chi connectivity index (χ0n) is 15.3. The zero-order valence-corrected chi connectivity index (χ0v) is 16.0. The summed E-state index contributed by atoms with van der Waals surface area (Å²) in [5.41, 5.74) is 2.73. The van der Waals surface area contributed by atoms with Crippen LogP contribution in [0.2, 0.25) is 5.02 Å². The number of aromatic nitrogens is 2. The van der Waals surface area contributed by atoms with Crippen molar-refractivity contribution in [1.29, 1.82) is 0 Å². The first-order valence-electron chi connectivity index (χ1n) is 8.47. The Labute approximate surface area is 167 Å². The fraction of sp³-hybridized carbons (Fsp3) is 0.100. The molecule has 0 unspecified atom stereocenters. The summed E-state index contributed by atoms with van der Waals surface area (Å²) in [4.78, 5) is 32.2. The van der Waals surface area contributed by atoms with Gasteiger partial charge in [-0.3, -0.25) is 9.59 Å². The second-order valence-corrected chi connectivity index (χ2v) is 6.44. The Morgan fingerprint density at radius 3 is 2.21 bits per heavy atom. The normalized spacial score (nSPS) is 10.2. The SMILES string of the molecule is CC(=O)Nc1ccc(NC(=O)c2cc(C)nc(Nc3ccccc3Cl)n2)cc1. The molecule has 0 aliphatic carbocycles. The first-order chi connectivity index (χ1) is 13.4. The van der Waals surface area contributed by atoms with Crippen molar-refractivity contribution in [1.82, 2.24) is 9.97 Å². The lowest BCUT2D eigenvalue weighted by atomic mass is 10.2. The molecule has 0 saturated carbocycles. The van der Waals surface area contributed by atoms with E-state index in [-0.39, 0.29) is 23.5 Å². The van der Waals surface area contributed by atoms with Crippen molar-refractivity contribution in [2.45, 2.75) is 13.8 Å². The minimum atomic E-state index is -0.375. The van der Waals surface area contributed by atoms with Gasteiger partial charge in [-0.2, -0.15) is 0 Å². The van der Waals surface area contributed by atoms with Gasteiger partial charge in [0.1, 0.15) is 5.69 Å². The van der Waals surface area contributed by atoms with Gasteiger partial charge in [0.15, 0.2) is 0 Å². The van der Waals surface area contributed by atoms with Gasteiger partial charge in [0.25, 0.3) is 5.91 Å². The summed E-state index contributed by atoms with van der Waals surface area (Å²) in [5, 5.41) is 8.99. The molecule has 28 heavy (non-hydrogen) atoms. The molecule has 3 rings (SSSR count). The van der Waals surface area contributed by atoms with E-state index >= 15 is 0 Å². The Morgan fingerprint density at radius 1 is 0.929 bits per heavy atom. The third-order valence-electron chi connectivity index (χ3n) is 3.67. The van der Waals surface area contributed by atoms with Crippen LogP contribution in [0.1, 0.15) is 23.1 Å². The number of halogens is 1. The van der Waals surface area contributed by atoms with E-state index in [1.54, 1.807) is 49.4 Å². The van der Waals surface area contributed by atoms with Crippen molar-refractivity contribution in [3.05, 3.63) is 71.0 Å². The van der Waals surface area contributed by atoms with Crippen LogP contribution in [0.25, 0.3) is 0 Å². The van der Waals surface area contributed by atoms with Crippen LogP contribution in [-0.4, -0.2) is 21.8 Å². The molecule has 0 aliphatic heterocycles. The Bertz CT molecular complexity index is 1020.